The fourth-order valence-electron chi connectivity index (χ4n) is 2.83. The summed E-state index contributed by atoms with van der Waals surface area (Å²) < 4.78 is 26.8. The van der Waals surface area contributed by atoms with Crippen LogP contribution in [0.1, 0.15) is 32.8 Å². The molecule has 0 spiro atoms. The Morgan fingerprint density at radius 1 is 1.36 bits per heavy atom. The van der Waals surface area contributed by atoms with Crippen molar-refractivity contribution in [3.63, 3.8) is 0 Å². The molecule has 0 aromatic heterocycles. The van der Waals surface area contributed by atoms with Gasteiger partial charge < -0.3 is 10.6 Å². The van der Waals surface area contributed by atoms with E-state index in [1.165, 1.54) is 11.2 Å². The molecule has 2 rings (SSSR count). The molecule has 1 unspecified atom stereocenters. The van der Waals surface area contributed by atoms with Crippen molar-refractivity contribution in [2.75, 3.05) is 25.0 Å². The Morgan fingerprint density at radius 3 is 2.56 bits per heavy atom. The van der Waals surface area contributed by atoms with Gasteiger partial charge in [-0.25, -0.2) is 12.7 Å². The summed E-state index contributed by atoms with van der Waals surface area (Å²) in [4.78, 5) is 13.5. The lowest BCUT2D eigenvalue weighted by Gasteiger charge is -2.22. The van der Waals surface area contributed by atoms with Gasteiger partial charge in [-0.1, -0.05) is 13.8 Å². The second-order valence-corrected chi connectivity index (χ2v) is 8.78. The van der Waals surface area contributed by atoms with Gasteiger partial charge in [0, 0.05) is 38.8 Å². The van der Waals surface area contributed by atoms with E-state index in [-0.39, 0.29) is 29.3 Å². The average molecular weight is 390 g/mol. The summed E-state index contributed by atoms with van der Waals surface area (Å²) in [5, 5.41) is 0. The lowest BCUT2D eigenvalue weighted by Crippen LogP contribution is -2.34. The summed E-state index contributed by atoms with van der Waals surface area (Å²) in [5.41, 5.74) is 7.72. The summed E-state index contributed by atoms with van der Waals surface area (Å²) in [6.45, 7) is 6.57. The molecule has 1 heterocycles. The molecule has 1 aliphatic rings. The first-order valence-electron chi connectivity index (χ1n) is 8.27. The highest BCUT2D eigenvalue weighted by atomic mass is 35.5. The molecule has 25 heavy (non-hydrogen) atoms. The first-order valence-corrected chi connectivity index (χ1v) is 9.71. The lowest BCUT2D eigenvalue weighted by molar-refractivity contribution is -0.116. The molecule has 1 amide bonds. The lowest BCUT2D eigenvalue weighted by atomic mass is 10.0. The predicted molar refractivity (Wildman–Crippen MR) is 103 cm³/mol. The number of halogens is 1. The summed E-state index contributed by atoms with van der Waals surface area (Å²) >= 11 is 0. The van der Waals surface area contributed by atoms with Crippen LogP contribution in [0.15, 0.2) is 23.1 Å². The average Bonchev–Trinajstić information content (AvgIpc) is 2.95. The monoisotopic (exact) mass is 389 g/mol. The van der Waals surface area contributed by atoms with E-state index in [2.05, 4.69) is 0 Å². The Hall–Kier alpha value is -1.15. The Bertz CT molecular complexity index is 722. The van der Waals surface area contributed by atoms with Crippen LogP contribution in [-0.2, 0) is 21.2 Å². The first-order chi connectivity index (χ1) is 11.1. The Balaban J connectivity index is 0.00000312. The first kappa shape index (κ1) is 21.9. The maximum Gasteiger partial charge on any atom is 0.242 e. The summed E-state index contributed by atoms with van der Waals surface area (Å²) in [7, 11) is -1.96. The normalized spacial score (nSPS) is 15.2. The molecular formula is C17H28ClN3O3S. The van der Waals surface area contributed by atoms with Gasteiger partial charge in [-0.15, -0.1) is 12.4 Å². The fraction of sp³-hybridized carbons (Fsp3) is 0.588. The van der Waals surface area contributed by atoms with Crippen LogP contribution in [-0.4, -0.2) is 44.8 Å². The Labute approximate surface area is 156 Å². The molecule has 1 aliphatic heterocycles. The Morgan fingerprint density at radius 2 is 2.00 bits per heavy atom. The predicted octanol–water partition coefficient (Wildman–Crippen LogP) is 2.01. The SMILES string of the molecule is CC(=O)N1CCc2cc(S(=O)(=O)N(C)CCC(N)C(C)C)ccc21.Cl. The largest absolute Gasteiger partial charge is 0.327 e. The molecule has 6 nitrogen and oxygen atoms in total. The molecule has 0 fully saturated rings. The van der Waals surface area contributed by atoms with Crippen molar-refractivity contribution in [1.82, 2.24) is 4.31 Å². The van der Waals surface area contributed by atoms with E-state index in [0.29, 0.717) is 31.8 Å². The van der Waals surface area contributed by atoms with E-state index < -0.39 is 10.0 Å². The summed E-state index contributed by atoms with van der Waals surface area (Å²) in [6, 6.07) is 4.97. The number of carbonyl (C=O) groups is 1. The van der Waals surface area contributed by atoms with Gasteiger partial charge in [-0.2, -0.15) is 0 Å². The van der Waals surface area contributed by atoms with Crippen LogP contribution in [0.4, 0.5) is 5.69 Å². The zero-order valence-electron chi connectivity index (χ0n) is 15.2. The van der Waals surface area contributed by atoms with E-state index in [9.17, 15) is 13.2 Å². The number of nitrogens with two attached hydrogens (primary N) is 1. The molecule has 0 aliphatic carbocycles. The van der Waals surface area contributed by atoms with Crippen LogP contribution in [0, 0.1) is 5.92 Å². The van der Waals surface area contributed by atoms with Gasteiger partial charge in [0.1, 0.15) is 0 Å². The van der Waals surface area contributed by atoms with Crippen LogP contribution in [0.2, 0.25) is 0 Å². The molecule has 0 saturated heterocycles. The minimum Gasteiger partial charge on any atom is -0.327 e. The molecule has 1 aromatic carbocycles. The molecule has 2 N–H and O–H groups in total. The van der Waals surface area contributed by atoms with Gasteiger partial charge in [0.2, 0.25) is 15.9 Å². The fourth-order valence-corrected chi connectivity index (χ4v) is 4.07. The van der Waals surface area contributed by atoms with Crippen LogP contribution >= 0.6 is 12.4 Å². The van der Waals surface area contributed by atoms with Gasteiger partial charge in [-0.05, 0) is 42.5 Å². The molecule has 0 radical (unpaired) electrons. The highest BCUT2D eigenvalue weighted by Crippen LogP contribution is 2.31. The number of amides is 1. The van der Waals surface area contributed by atoms with Crippen LogP contribution in [0.25, 0.3) is 0 Å². The number of carbonyl (C=O) groups excluding carboxylic acids is 1. The third-order valence-corrected chi connectivity index (χ3v) is 6.52. The molecule has 0 saturated carbocycles. The van der Waals surface area contributed by atoms with Crippen molar-refractivity contribution in [1.29, 1.82) is 0 Å². The third-order valence-electron chi connectivity index (χ3n) is 4.67. The molecule has 0 bridgehead atoms. The minimum absolute atomic E-state index is 0. The molecule has 1 atom stereocenters. The van der Waals surface area contributed by atoms with Gasteiger partial charge in [-0.3, -0.25) is 4.79 Å². The zero-order valence-corrected chi connectivity index (χ0v) is 16.9. The van der Waals surface area contributed by atoms with E-state index in [0.717, 1.165) is 11.3 Å². The standard InChI is InChI=1S/C17H27N3O3S.ClH/c1-12(2)16(18)8-9-19(4)24(22,23)15-5-6-17-14(11-15)7-10-20(17)13(3)21;/h5-6,11-12,16H,7-10,18H2,1-4H3;1H. The van der Waals surface area contributed by atoms with Crippen LogP contribution in [0.3, 0.4) is 0 Å². The summed E-state index contributed by atoms with van der Waals surface area (Å²) in [5.74, 6) is 0.294. The van der Waals surface area contributed by atoms with Crippen molar-refractivity contribution in [3.05, 3.63) is 23.8 Å². The number of nitrogens with zero attached hydrogens (tertiary/aromatic N) is 2. The van der Waals surface area contributed by atoms with Crippen molar-refractivity contribution >= 4 is 34.0 Å². The Kier molecular flexibility index (Phi) is 7.43. The number of fused-ring (bicyclic) bond motifs is 1. The number of sulfonamides is 1. The van der Waals surface area contributed by atoms with Gasteiger partial charge in [0.25, 0.3) is 0 Å². The number of benzene rings is 1. The number of hydrogen-bond donors (Lipinski definition) is 1. The maximum absolute atomic E-state index is 12.7. The zero-order chi connectivity index (χ0) is 18.1. The van der Waals surface area contributed by atoms with Crippen LogP contribution in [0.5, 0.6) is 0 Å². The van der Waals surface area contributed by atoms with E-state index in [1.807, 2.05) is 13.8 Å². The quantitative estimate of drug-likeness (QED) is 0.806. The molecule has 1 aromatic rings. The number of rotatable bonds is 6. The van der Waals surface area contributed by atoms with Gasteiger partial charge in [0.15, 0.2) is 0 Å². The second-order valence-electron chi connectivity index (χ2n) is 6.73. The van der Waals surface area contributed by atoms with E-state index in [4.69, 9.17) is 5.73 Å². The van der Waals surface area contributed by atoms with Gasteiger partial charge >= 0.3 is 0 Å². The van der Waals surface area contributed by atoms with Crippen molar-refractivity contribution in [2.24, 2.45) is 11.7 Å². The number of anilines is 1. The minimum atomic E-state index is -3.55. The van der Waals surface area contributed by atoms with Crippen molar-refractivity contribution < 1.29 is 13.2 Å². The van der Waals surface area contributed by atoms with Crippen LogP contribution < -0.4 is 10.6 Å². The summed E-state index contributed by atoms with van der Waals surface area (Å²) in [6.07, 6.45) is 1.30. The van der Waals surface area contributed by atoms with E-state index >= 15 is 0 Å². The smallest absolute Gasteiger partial charge is 0.242 e. The maximum atomic E-state index is 12.7. The molecule has 8 heteroatoms. The number of hydrogen-bond acceptors (Lipinski definition) is 4. The van der Waals surface area contributed by atoms with E-state index in [1.54, 1.807) is 30.1 Å². The molecule has 142 valence electrons. The molecular weight excluding hydrogens is 362 g/mol. The topological polar surface area (TPSA) is 83.7 Å². The highest BCUT2D eigenvalue weighted by Gasteiger charge is 2.27. The van der Waals surface area contributed by atoms with Gasteiger partial charge in [0.05, 0.1) is 4.90 Å². The highest BCUT2D eigenvalue weighted by molar-refractivity contribution is 7.89. The van der Waals surface area contributed by atoms with Crippen molar-refractivity contribution in [2.45, 2.75) is 44.6 Å². The third kappa shape index (κ3) is 4.73. The second kappa shape index (κ2) is 8.49. The van der Waals surface area contributed by atoms with Crippen molar-refractivity contribution in [3.8, 4) is 0 Å².